The van der Waals surface area contributed by atoms with Crippen molar-refractivity contribution in [1.29, 1.82) is 0 Å². The first-order valence-electron chi connectivity index (χ1n) is 9.11. The van der Waals surface area contributed by atoms with Crippen molar-refractivity contribution >= 4 is 40.6 Å². The number of aromatic nitrogens is 2. The normalized spacial score (nSPS) is 15.1. The van der Waals surface area contributed by atoms with Crippen LogP contribution < -0.4 is 10.2 Å². The maximum atomic E-state index is 12.4. The van der Waals surface area contributed by atoms with Crippen LogP contribution in [0.3, 0.4) is 0 Å². The van der Waals surface area contributed by atoms with E-state index in [1.165, 1.54) is 11.8 Å². The minimum Gasteiger partial charge on any atom is -0.416 e. The Balaban J connectivity index is 1.64. The number of likely N-dealkylation sites (N-methyl/N-ethyl adjacent to an activating group) is 1. The summed E-state index contributed by atoms with van der Waals surface area (Å²) in [6, 6.07) is 5.60. The summed E-state index contributed by atoms with van der Waals surface area (Å²) in [5.41, 5.74) is 1.62. The van der Waals surface area contributed by atoms with Gasteiger partial charge in [-0.05, 0) is 18.7 Å². The Labute approximate surface area is 168 Å². The summed E-state index contributed by atoms with van der Waals surface area (Å²) in [7, 11) is 0. The van der Waals surface area contributed by atoms with E-state index in [2.05, 4.69) is 32.2 Å². The molecule has 3 rings (SSSR count). The van der Waals surface area contributed by atoms with Gasteiger partial charge >= 0.3 is 0 Å². The van der Waals surface area contributed by atoms with Gasteiger partial charge in [-0.15, -0.1) is 10.2 Å². The number of amides is 1. The molecule has 1 saturated heterocycles. The molecule has 0 aliphatic carbocycles. The average molecular weight is 410 g/mol. The van der Waals surface area contributed by atoms with E-state index in [0.717, 1.165) is 44.1 Å². The van der Waals surface area contributed by atoms with E-state index in [-0.39, 0.29) is 11.7 Å². The van der Waals surface area contributed by atoms with Crippen LogP contribution in [0.5, 0.6) is 0 Å². The van der Waals surface area contributed by atoms with Crippen LogP contribution in [-0.4, -0.2) is 59.5 Å². The number of hydrogen-bond donors (Lipinski definition) is 1. The van der Waals surface area contributed by atoms with Crippen molar-refractivity contribution in [3.8, 4) is 0 Å². The fraction of sp³-hybridized carbons (Fsp3) is 0.500. The maximum absolute atomic E-state index is 12.4. The van der Waals surface area contributed by atoms with Gasteiger partial charge in [0.2, 0.25) is 11.8 Å². The smallest absolute Gasteiger partial charge is 0.277 e. The minimum atomic E-state index is -0.132. The van der Waals surface area contributed by atoms with Crippen LogP contribution in [0.4, 0.5) is 11.4 Å². The molecule has 0 bridgehead atoms. The summed E-state index contributed by atoms with van der Waals surface area (Å²) >= 11 is 7.69. The van der Waals surface area contributed by atoms with Crippen LogP contribution in [0.15, 0.2) is 27.8 Å². The van der Waals surface area contributed by atoms with Gasteiger partial charge < -0.3 is 19.5 Å². The highest BCUT2D eigenvalue weighted by Crippen LogP contribution is 2.34. The maximum Gasteiger partial charge on any atom is 0.277 e. The summed E-state index contributed by atoms with van der Waals surface area (Å²) in [5.74, 6) is 0.634. The zero-order chi connectivity index (χ0) is 19.2. The SMILES string of the molecule is CCc1nnc(SCC(=O)Nc2cccc(Cl)c2N2CCN(CC)CC2)o1. The molecule has 1 N–H and O–H groups in total. The highest BCUT2D eigenvalue weighted by molar-refractivity contribution is 7.99. The molecule has 1 aliphatic rings. The number of benzene rings is 1. The van der Waals surface area contributed by atoms with Gasteiger partial charge in [0.25, 0.3) is 5.22 Å². The van der Waals surface area contributed by atoms with E-state index >= 15 is 0 Å². The van der Waals surface area contributed by atoms with Crippen LogP contribution >= 0.6 is 23.4 Å². The Morgan fingerprint density at radius 3 is 2.70 bits per heavy atom. The second kappa shape index (κ2) is 9.43. The Kier molecular flexibility index (Phi) is 6.98. The topological polar surface area (TPSA) is 74.5 Å². The highest BCUT2D eigenvalue weighted by Gasteiger charge is 2.21. The van der Waals surface area contributed by atoms with Crippen LogP contribution in [0.2, 0.25) is 5.02 Å². The molecule has 2 aromatic rings. The average Bonchev–Trinajstić information content (AvgIpc) is 3.15. The number of rotatable bonds is 7. The molecule has 0 atom stereocenters. The lowest BCUT2D eigenvalue weighted by atomic mass is 10.2. The number of piperazine rings is 1. The number of halogens is 1. The molecule has 0 radical (unpaired) electrons. The van der Waals surface area contributed by atoms with Crippen molar-refractivity contribution in [2.75, 3.05) is 48.7 Å². The number of carbonyl (C=O) groups excluding carboxylic acids is 1. The lowest BCUT2D eigenvalue weighted by molar-refractivity contribution is -0.113. The van der Waals surface area contributed by atoms with Crippen molar-refractivity contribution in [1.82, 2.24) is 15.1 Å². The first kappa shape index (κ1) is 20.0. The van der Waals surface area contributed by atoms with Gasteiger partial charge in [-0.1, -0.05) is 43.3 Å². The Hall–Kier alpha value is -1.77. The molecule has 2 heterocycles. The molecule has 1 aliphatic heterocycles. The van der Waals surface area contributed by atoms with Crippen molar-refractivity contribution in [3.05, 3.63) is 29.1 Å². The van der Waals surface area contributed by atoms with Crippen molar-refractivity contribution in [3.63, 3.8) is 0 Å². The fourth-order valence-corrected chi connectivity index (χ4v) is 3.85. The zero-order valence-electron chi connectivity index (χ0n) is 15.6. The standard InChI is InChI=1S/C18H24ClN5O2S/c1-3-16-21-22-18(26-16)27-12-15(25)20-14-7-5-6-13(19)17(14)24-10-8-23(4-2)9-11-24/h5-7H,3-4,8-12H2,1-2H3,(H,20,25). The van der Waals surface area contributed by atoms with Gasteiger partial charge in [0.1, 0.15) is 0 Å². The van der Waals surface area contributed by atoms with Crippen LogP contribution in [0, 0.1) is 0 Å². The molecule has 1 aromatic carbocycles. The molecule has 27 heavy (non-hydrogen) atoms. The summed E-state index contributed by atoms with van der Waals surface area (Å²) in [6.45, 7) is 8.90. The molecule has 0 saturated carbocycles. The summed E-state index contributed by atoms with van der Waals surface area (Å²) < 4.78 is 5.42. The van der Waals surface area contributed by atoms with Gasteiger partial charge in [0.05, 0.1) is 22.2 Å². The zero-order valence-corrected chi connectivity index (χ0v) is 17.1. The molecule has 0 unspecified atom stereocenters. The number of aryl methyl sites for hydroxylation is 1. The van der Waals surface area contributed by atoms with E-state index in [9.17, 15) is 4.79 Å². The van der Waals surface area contributed by atoms with E-state index in [4.69, 9.17) is 16.0 Å². The van der Waals surface area contributed by atoms with E-state index in [1.807, 2.05) is 25.1 Å². The van der Waals surface area contributed by atoms with E-state index < -0.39 is 0 Å². The second-order valence-corrected chi connectivity index (χ2v) is 7.54. The Bertz CT molecular complexity index is 777. The summed E-state index contributed by atoms with van der Waals surface area (Å²) in [4.78, 5) is 17.1. The summed E-state index contributed by atoms with van der Waals surface area (Å²) in [6.07, 6.45) is 0.678. The van der Waals surface area contributed by atoms with Crippen molar-refractivity contribution < 1.29 is 9.21 Å². The van der Waals surface area contributed by atoms with Crippen LogP contribution in [0.1, 0.15) is 19.7 Å². The molecular weight excluding hydrogens is 386 g/mol. The third kappa shape index (κ3) is 5.15. The lowest BCUT2D eigenvalue weighted by Crippen LogP contribution is -2.46. The molecule has 146 valence electrons. The third-order valence-electron chi connectivity index (χ3n) is 4.47. The van der Waals surface area contributed by atoms with Crippen molar-refractivity contribution in [2.24, 2.45) is 0 Å². The van der Waals surface area contributed by atoms with Gasteiger partial charge in [-0.2, -0.15) is 0 Å². The Morgan fingerprint density at radius 2 is 2.04 bits per heavy atom. The second-order valence-electron chi connectivity index (χ2n) is 6.21. The van der Waals surface area contributed by atoms with Crippen molar-refractivity contribution in [2.45, 2.75) is 25.5 Å². The molecule has 1 fully saturated rings. The predicted octanol–water partition coefficient (Wildman–Crippen LogP) is 3.16. The first-order valence-corrected chi connectivity index (χ1v) is 10.5. The molecule has 1 aromatic heterocycles. The first-order chi connectivity index (χ1) is 13.1. The molecule has 7 nitrogen and oxygen atoms in total. The van der Waals surface area contributed by atoms with Gasteiger partial charge in [0.15, 0.2) is 0 Å². The Morgan fingerprint density at radius 1 is 1.26 bits per heavy atom. The quantitative estimate of drug-likeness (QED) is 0.704. The van der Waals surface area contributed by atoms with Gasteiger partial charge in [-0.3, -0.25) is 4.79 Å². The number of carbonyl (C=O) groups is 1. The monoisotopic (exact) mass is 409 g/mol. The number of hydrogen-bond acceptors (Lipinski definition) is 7. The van der Waals surface area contributed by atoms with E-state index in [1.54, 1.807) is 0 Å². The van der Waals surface area contributed by atoms with Crippen LogP contribution in [0.25, 0.3) is 0 Å². The molecule has 1 amide bonds. The summed E-state index contributed by atoms with van der Waals surface area (Å²) in [5, 5.41) is 11.8. The molecule has 9 heteroatoms. The number of anilines is 2. The molecule has 0 spiro atoms. The van der Waals surface area contributed by atoms with E-state index in [0.29, 0.717) is 22.6 Å². The van der Waals surface area contributed by atoms with Crippen LogP contribution in [-0.2, 0) is 11.2 Å². The predicted molar refractivity (Wildman–Crippen MR) is 109 cm³/mol. The van der Waals surface area contributed by atoms with Gasteiger partial charge in [-0.25, -0.2) is 0 Å². The third-order valence-corrected chi connectivity index (χ3v) is 5.60. The number of nitrogens with one attached hydrogen (secondary N) is 1. The minimum absolute atomic E-state index is 0.132. The largest absolute Gasteiger partial charge is 0.416 e. The fourth-order valence-electron chi connectivity index (χ4n) is 2.98. The number of para-hydroxylation sites is 1. The van der Waals surface area contributed by atoms with Gasteiger partial charge in [0, 0.05) is 32.6 Å². The molecular formula is C18H24ClN5O2S. The number of nitrogens with zero attached hydrogens (tertiary/aromatic N) is 4. The number of thioether (sulfide) groups is 1. The highest BCUT2D eigenvalue weighted by atomic mass is 35.5. The lowest BCUT2D eigenvalue weighted by Gasteiger charge is -2.36.